The molecule has 2 nitrogen and oxygen atoms in total. The monoisotopic (exact) mass is 173 g/mol. The Labute approximate surface area is 76.7 Å². The van der Waals surface area contributed by atoms with E-state index in [1.165, 1.54) is 0 Å². The summed E-state index contributed by atoms with van der Waals surface area (Å²) < 4.78 is 5.07. The molecule has 0 bridgehead atoms. The highest BCUT2D eigenvalue weighted by atomic mass is 16.5. The van der Waals surface area contributed by atoms with Gasteiger partial charge in [-0.15, -0.1) is 0 Å². The molecule has 12 heavy (non-hydrogen) atoms. The highest BCUT2D eigenvalue weighted by Crippen LogP contribution is 2.27. The first-order chi connectivity index (χ1) is 5.54. The molecule has 1 N–H and O–H groups in total. The molecule has 0 rings (SSSR count). The van der Waals surface area contributed by atoms with Crippen LogP contribution in [0.1, 0.15) is 27.2 Å². The smallest absolute Gasteiger partial charge is 0.0465 e. The predicted octanol–water partition coefficient (Wildman–Crippen LogP) is 1.90. The Morgan fingerprint density at radius 1 is 1.42 bits per heavy atom. The number of methoxy groups -OCH3 is 1. The van der Waals surface area contributed by atoms with E-state index in [0.717, 1.165) is 19.6 Å². The Hall–Kier alpha value is -0.0800. The first-order valence-electron chi connectivity index (χ1n) is 4.68. The third-order valence-corrected chi connectivity index (χ3v) is 2.72. The number of hydrogen-bond acceptors (Lipinski definition) is 2. The van der Waals surface area contributed by atoms with E-state index in [0.29, 0.717) is 11.3 Å². The van der Waals surface area contributed by atoms with E-state index in [2.05, 4.69) is 26.1 Å². The zero-order chi connectivity index (χ0) is 9.61. The van der Waals surface area contributed by atoms with Crippen molar-refractivity contribution in [3.8, 4) is 0 Å². The zero-order valence-electron chi connectivity index (χ0n) is 9.11. The van der Waals surface area contributed by atoms with Gasteiger partial charge in [-0.25, -0.2) is 0 Å². The van der Waals surface area contributed by atoms with Crippen molar-refractivity contribution in [1.29, 1.82) is 0 Å². The zero-order valence-corrected chi connectivity index (χ0v) is 9.11. The molecule has 0 saturated heterocycles. The first-order valence-corrected chi connectivity index (χ1v) is 4.68. The number of nitrogens with one attached hydrogen (secondary N) is 1. The van der Waals surface area contributed by atoms with Crippen molar-refractivity contribution in [3.63, 3.8) is 0 Å². The lowest BCUT2D eigenvalue weighted by atomic mass is 9.78. The van der Waals surface area contributed by atoms with Crippen LogP contribution < -0.4 is 5.32 Å². The predicted molar refractivity (Wildman–Crippen MR) is 53.4 cm³/mol. The van der Waals surface area contributed by atoms with Crippen LogP contribution in [0, 0.1) is 11.3 Å². The van der Waals surface area contributed by atoms with Crippen LogP contribution in [0.25, 0.3) is 0 Å². The third kappa shape index (κ3) is 4.07. The summed E-state index contributed by atoms with van der Waals surface area (Å²) in [4.78, 5) is 0. The van der Waals surface area contributed by atoms with Crippen LogP contribution in [0.5, 0.6) is 0 Å². The maximum atomic E-state index is 5.07. The van der Waals surface area contributed by atoms with Gasteiger partial charge < -0.3 is 10.1 Å². The van der Waals surface area contributed by atoms with Crippen molar-refractivity contribution in [2.75, 3.05) is 27.3 Å². The minimum Gasteiger partial charge on any atom is -0.385 e. The summed E-state index contributed by atoms with van der Waals surface area (Å²) in [6, 6.07) is 0. The van der Waals surface area contributed by atoms with Crippen molar-refractivity contribution in [1.82, 2.24) is 5.32 Å². The Kier molecular flexibility index (Phi) is 5.51. The van der Waals surface area contributed by atoms with Crippen LogP contribution in [-0.4, -0.2) is 27.3 Å². The third-order valence-electron chi connectivity index (χ3n) is 2.72. The summed E-state index contributed by atoms with van der Waals surface area (Å²) in [5.74, 6) is 0.699. The van der Waals surface area contributed by atoms with E-state index in [4.69, 9.17) is 4.74 Å². The molecule has 0 saturated carbocycles. The Morgan fingerprint density at radius 3 is 2.42 bits per heavy atom. The van der Waals surface area contributed by atoms with E-state index in [1.54, 1.807) is 7.11 Å². The fraction of sp³-hybridized carbons (Fsp3) is 1.00. The molecule has 1 atom stereocenters. The maximum Gasteiger partial charge on any atom is 0.0465 e. The lowest BCUT2D eigenvalue weighted by Gasteiger charge is -2.31. The van der Waals surface area contributed by atoms with Crippen LogP contribution in [0.15, 0.2) is 0 Å². The minimum absolute atomic E-state index is 0.368. The molecule has 1 unspecified atom stereocenters. The first kappa shape index (κ1) is 11.9. The van der Waals surface area contributed by atoms with Gasteiger partial charge in [-0.3, -0.25) is 0 Å². The molecule has 74 valence electrons. The minimum atomic E-state index is 0.368. The quantitative estimate of drug-likeness (QED) is 0.662. The van der Waals surface area contributed by atoms with Crippen molar-refractivity contribution in [3.05, 3.63) is 0 Å². The molecule has 0 aliphatic carbocycles. The Balaban J connectivity index is 3.79. The second-order valence-electron chi connectivity index (χ2n) is 4.20. The largest absolute Gasteiger partial charge is 0.385 e. The molecule has 0 aromatic heterocycles. The Morgan fingerprint density at radius 2 is 2.00 bits per heavy atom. The van der Waals surface area contributed by atoms with E-state index < -0.39 is 0 Å². The maximum absolute atomic E-state index is 5.07. The molecular weight excluding hydrogens is 150 g/mol. The van der Waals surface area contributed by atoms with E-state index >= 15 is 0 Å². The molecule has 2 heteroatoms. The van der Waals surface area contributed by atoms with Crippen LogP contribution in [0.3, 0.4) is 0 Å². The van der Waals surface area contributed by atoms with Gasteiger partial charge in [-0.05, 0) is 24.8 Å². The van der Waals surface area contributed by atoms with Gasteiger partial charge in [-0.1, -0.05) is 20.8 Å². The molecule has 0 aliphatic rings. The molecule has 0 spiro atoms. The van der Waals surface area contributed by atoms with Gasteiger partial charge in [0, 0.05) is 20.3 Å². The standard InChI is InChI=1S/C10H23NO/c1-9(6-7-12-5)10(2,3)8-11-4/h9,11H,6-8H2,1-5H3. The second kappa shape index (κ2) is 5.55. The van der Waals surface area contributed by atoms with Gasteiger partial charge in [0.15, 0.2) is 0 Å². The molecular formula is C10H23NO. The van der Waals surface area contributed by atoms with Gasteiger partial charge in [-0.2, -0.15) is 0 Å². The number of ether oxygens (including phenoxy) is 1. The van der Waals surface area contributed by atoms with Crippen molar-refractivity contribution >= 4 is 0 Å². The average Bonchev–Trinajstić information content (AvgIpc) is 2.00. The summed E-state index contributed by atoms with van der Waals surface area (Å²) in [6.45, 7) is 8.82. The summed E-state index contributed by atoms with van der Waals surface area (Å²) in [5.41, 5.74) is 0.368. The number of rotatable bonds is 6. The van der Waals surface area contributed by atoms with E-state index in [9.17, 15) is 0 Å². The molecule has 0 aromatic rings. The van der Waals surface area contributed by atoms with Crippen LogP contribution in [0.2, 0.25) is 0 Å². The summed E-state index contributed by atoms with van der Waals surface area (Å²) in [7, 11) is 3.77. The van der Waals surface area contributed by atoms with Crippen LogP contribution in [0.4, 0.5) is 0 Å². The van der Waals surface area contributed by atoms with Crippen LogP contribution in [-0.2, 0) is 4.74 Å². The normalized spacial score (nSPS) is 14.8. The Bertz CT molecular complexity index is 112. The van der Waals surface area contributed by atoms with Crippen molar-refractivity contribution < 1.29 is 4.74 Å². The fourth-order valence-corrected chi connectivity index (χ4v) is 1.32. The van der Waals surface area contributed by atoms with Gasteiger partial charge in [0.05, 0.1) is 0 Å². The van der Waals surface area contributed by atoms with Gasteiger partial charge in [0.2, 0.25) is 0 Å². The van der Waals surface area contributed by atoms with E-state index in [1.807, 2.05) is 7.05 Å². The highest BCUT2D eigenvalue weighted by Gasteiger charge is 2.24. The molecule has 0 heterocycles. The lowest BCUT2D eigenvalue weighted by Crippen LogP contribution is -2.33. The van der Waals surface area contributed by atoms with Crippen molar-refractivity contribution in [2.24, 2.45) is 11.3 Å². The molecule has 0 amide bonds. The SMILES string of the molecule is CNCC(C)(C)C(C)CCOC. The molecule has 0 fully saturated rings. The van der Waals surface area contributed by atoms with Crippen molar-refractivity contribution in [2.45, 2.75) is 27.2 Å². The summed E-state index contributed by atoms with van der Waals surface area (Å²) >= 11 is 0. The molecule has 0 aliphatic heterocycles. The van der Waals surface area contributed by atoms with Gasteiger partial charge >= 0.3 is 0 Å². The van der Waals surface area contributed by atoms with Gasteiger partial charge in [0.1, 0.15) is 0 Å². The topological polar surface area (TPSA) is 21.3 Å². The van der Waals surface area contributed by atoms with E-state index in [-0.39, 0.29) is 0 Å². The van der Waals surface area contributed by atoms with Gasteiger partial charge in [0.25, 0.3) is 0 Å². The van der Waals surface area contributed by atoms with Crippen LogP contribution >= 0.6 is 0 Å². The summed E-state index contributed by atoms with van der Waals surface area (Å²) in [5, 5.41) is 3.22. The molecule has 0 aromatic carbocycles. The highest BCUT2D eigenvalue weighted by molar-refractivity contribution is 4.76. The average molecular weight is 173 g/mol. The number of hydrogen-bond donors (Lipinski definition) is 1. The lowest BCUT2D eigenvalue weighted by molar-refractivity contribution is 0.136. The fourth-order valence-electron chi connectivity index (χ4n) is 1.32. The second-order valence-corrected chi connectivity index (χ2v) is 4.20. The summed E-state index contributed by atoms with van der Waals surface area (Å²) in [6.07, 6.45) is 1.14. The molecule has 0 radical (unpaired) electrons.